The molecule has 146 valence electrons. The number of ether oxygens (including phenoxy) is 2. The summed E-state index contributed by atoms with van der Waals surface area (Å²) >= 11 is 0. The van der Waals surface area contributed by atoms with E-state index in [0.717, 1.165) is 12.8 Å². The van der Waals surface area contributed by atoms with Crippen molar-refractivity contribution in [2.45, 2.75) is 37.4 Å². The van der Waals surface area contributed by atoms with Crippen LogP contribution >= 0.6 is 0 Å². The summed E-state index contributed by atoms with van der Waals surface area (Å²) in [5.41, 5.74) is -0.757. The number of esters is 2. The van der Waals surface area contributed by atoms with Crippen molar-refractivity contribution >= 4 is 27.8 Å². The molecule has 4 aliphatic carbocycles. The summed E-state index contributed by atoms with van der Waals surface area (Å²) in [6.07, 6.45) is 3.02. The molecule has 2 atom stereocenters. The highest BCUT2D eigenvalue weighted by atomic mass is 32.2. The van der Waals surface area contributed by atoms with Crippen LogP contribution in [0.3, 0.4) is 0 Å². The Morgan fingerprint density at radius 2 is 1.65 bits per heavy atom. The van der Waals surface area contributed by atoms with E-state index in [9.17, 15) is 31.6 Å². The maximum absolute atomic E-state index is 13.0. The molecule has 1 N–H and O–H groups in total. The molecule has 2 unspecified atom stereocenters. The van der Waals surface area contributed by atoms with Gasteiger partial charge >= 0.3 is 27.3 Å². The highest BCUT2D eigenvalue weighted by Gasteiger charge is 2.59. The third kappa shape index (κ3) is 3.11. The predicted octanol–water partition coefficient (Wildman–Crippen LogP) is 0.949. The SMILES string of the molecule is O=C1C2CC3CC1CC(C(=O)OCCOC(=O)C(F)(F)S(=O)(=O)O)(C3)C2. The third-order valence-corrected chi connectivity index (χ3v) is 6.35. The molecule has 4 aliphatic rings. The van der Waals surface area contributed by atoms with Crippen LogP contribution in [-0.4, -0.2) is 49.2 Å². The molecule has 8 nitrogen and oxygen atoms in total. The van der Waals surface area contributed by atoms with Crippen molar-refractivity contribution in [3.8, 4) is 0 Å². The predicted molar refractivity (Wildman–Crippen MR) is 79.4 cm³/mol. The number of carbonyl (C=O) groups excluding carboxylic acids is 3. The number of ketones is 1. The minimum absolute atomic E-state index is 0.139. The van der Waals surface area contributed by atoms with Gasteiger partial charge in [-0.2, -0.15) is 17.2 Å². The van der Waals surface area contributed by atoms with E-state index < -0.39 is 45.9 Å². The summed E-state index contributed by atoms with van der Waals surface area (Å²) in [5.74, 6) is -2.78. The summed E-state index contributed by atoms with van der Waals surface area (Å²) in [6, 6.07) is 0. The first-order chi connectivity index (χ1) is 12.0. The molecule has 0 amide bonds. The van der Waals surface area contributed by atoms with Crippen molar-refractivity contribution in [3.05, 3.63) is 0 Å². The smallest absolute Gasteiger partial charge is 0.462 e. The molecule has 4 fully saturated rings. The van der Waals surface area contributed by atoms with Gasteiger partial charge in [-0.1, -0.05) is 0 Å². The summed E-state index contributed by atoms with van der Waals surface area (Å²) in [6.45, 7) is -1.30. The van der Waals surface area contributed by atoms with Gasteiger partial charge in [-0.05, 0) is 38.0 Å². The molecule has 0 aromatic carbocycles. The Hall–Kier alpha value is -1.62. The molecule has 0 saturated heterocycles. The third-order valence-electron chi connectivity index (χ3n) is 5.54. The van der Waals surface area contributed by atoms with Gasteiger partial charge in [-0.15, -0.1) is 0 Å². The Kier molecular flexibility index (Phi) is 4.58. The number of alkyl halides is 2. The Labute approximate surface area is 148 Å². The zero-order valence-electron chi connectivity index (χ0n) is 13.7. The van der Waals surface area contributed by atoms with Gasteiger partial charge in [-0.3, -0.25) is 14.1 Å². The quantitative estimate of drug-likeness (QED) is 0.400. The molecule has 0 heterocycles. The highest BCUT2D eigenvalue weighted by molar-refractivity contribution is 7.87. The lowest BCUT2D eigenvalue weighted by Crippen LogP contribution is -2.55. The fraction of sp³-hybridized carbons (Fsp3) is 0.800. The normalized spacial score (nSPS) is 33.2. The van der Waals surface area contributed by atoms with Gasteiger partial charge in [0, 0.05) is 11.8 Å². The van der Waals surface area contributed by atoms with Gasteiger partial charge in [0.1, 0.15) is 19.0 Å². The van der Waals surface area contributed by atoms with E-state index in [1.54, 1.807) is 0 Å². The molecule has 0 aromatic rings. The van der Waals surface area contributed by atoms with Crippen LogP contribution in [0, 0.1) is 23.2 Å². The number of hydrogen-bond donors (Lipinski definition) is 1. The number of halogens is 2. The average molecular weight is 396 g/mol. The Morgan fingerprint density at radius 1 is 1.12 bits per heavy atom. The van der Waals surface area contributed by atoms with Gasteiger partial charge in [0.2, 0.25) is 0 Å². The van der Waals surface area contributed by atoms with Crippen LogP contribution in [0.15, 0.2) is 0 Å². The van der Waals surface area contributed by atoms with Crippen LogP contribution in [0.25, 0.3) is 0 Å². The topological polar surface area (TPSA) is 124 Å². The van der Waals surface area contributed by atoms with E-state index in [1.165, 1.54) is 0 Å². The summed E-state index contributed by atoms with van der Waals surface area (Å²) in [7, 11) is -5.94. The number of hydrogen-bond acceptors (Lipinski definition) is 7. The highest BCUT2D eigenvalue weighted by Crippen LogP contribution is 2.59. The lowest BCUT2D eigenvalue weighted by molar-refractivity contribution is -0.178. The zero-order valence-corrected chi connectivity index (χ0v) is 14.5. The van der Waals surface area contributed by atoms with Crippen LogP contribution in [0.5, 0.6) is 0 Å². The Balaban J connectivity index is 1.51. The van der Waals surface area contributed by atoms with Crippen molar-refractivity contribution in [1.29, 1.82) is 0 Å². The molecule has 4 saturated carbocycles. The van der Waals surface area contributed by atoms with Crippen molar-refractivity contribution in [2.75, 3.05) is 13.2 Å². The van der Waals surface area contributed by atoms with Crippen molar-refractivity contribution in [2.24, 2.45) is 23.2 Å². The van der Waals surface area contributed by atoms with Gasteiger partial charge in [0.25, 0.3) is 0 Å². The van der Waals surface area contributed by atoms with Crippen molar-refractivity contribution in [1.82, 2.24) is 0 Å². The monoisotopic (exact) mass is 396 g/mol. The first-order valence-electron chi connectivity index (χ1n) is 8.19. The van der Waals surface area contributed by atoms with E-state index in [0.29, 0.717) is 25.2 Å². The van der Waals surface area contributed by atoms with Crippen LogP contribution in [0.4, 0.5) is 8.78 Å². The van der Waals surface area contributed by atoms with Gasteiger partial charge in [0.15, 0.2) is 0 Å². The van der Waals surface area contributed by atoms with Crippen LogP contribution < -0.4 is 0 Å². The summed E-state index contributed by atoms with van der Waals surface area (Å²) < 4.78 is 64.2. The van der Waals surface area contributed by atoms with Gasteiger partial charge in [-0.25, -0.2) is 4.79 Å². The van der Waals surface area contributed by atoms with E-state index in [4.69, 9.17) is 9.29 Å². The molecule has 0 spiro atoms. The molecule has 0 radical (unpaired) electrons. The fourth-order valence-electron chi connectivity index (χ4n) is 4.61. The van der Waals surface area contributed by atoms with E-state index in [-0.39, 0.29) is 17.6 Å². The lowest BCUT2D eigenvalue weighted by atomic mass is 9.49. The molecule has 26 heavy (non-hydrogen) atoms. The van der Waals surface area contributed by atoms with E-state index in [2.05, 4.69) is 4.74 Å². The molecule has 0 aromatic heterocycles. The molecular weight excluding hydrogens is 378 g/mol. The number of Topliss-reactive ketones (excluding diaryl/α,β-unsaturated/α-hetero) is 1. The van der Waals surface area contributed by atoms with Crippen LogP contribution in [0.2, 0.25) is 0 Å². The molecule has 4 bridgehead atoms. The molecule has 11 heteroatoms. The van der Waals surface area contributed by atoms with Gasteiger partial charge in [0.05, 0.1) is 5.41 Å². The van der Waals surface area contributed by atoms with Crippen LogP contribution in [-0.2, 0) is 34.0 Å². The average Bonchev–Trinajstić information content (AvgIpc) is 2.54. The first kappa shape index (κ1) is 19.2. The second-order valence-electron chi connectivity index (χ2n) is 7.29. The second-order valence-corrected chi connectivity index (χ2v) is 8.75. The Bertz CT molecular complexity index is 729. The number of rotatable bonds is 6. The summed E-state index contributed by atoms with van der Waals surface area (Å²) in [4.78, 5) is 35.6. The van der Waals surface area contributed by atoms with E-state index >= 15 is 0 Å². The Morgan fingerprint density at radius 3 is 2.19 bits per heavy atom. The zero-order chi connectivity index (χ0) is 19.3. The standard InChI is InChI=1S/C15H18F2O8S/c16-15(17,26(21,22)23)13(20)25-2-1-24-12(19)14-5-8-3-9(6-14)11(18)10(4-8)7-14/h8-10H,1-7H2,(H,21,22,23). The summed E-state index contributed by atoms with van der Waals surface area (Å²) in [5, 5.41) is -5.09. The minimum atomic E-state index is -5.94. The maximum Gasteiger partial charge on any atom is 0.465 e. The molecule has 4 rings (SSSR count). The second kappa shape index (κ2) is 6.22. The van der Waals surface area contributed by atoms with Gasteiger partial charge < -0.3 is 9.47 Å². The van der Waals surface area contributed by atoms with E-state index in [1.807, 2.05) is 0 Å². The minimum Gasteiger partial charge on any atom is -0.462 e. The largest absolute Gasteiger partial charge is 0.465 e. The van der Waals surface area contributed by atoms with Crippen molar-refractivity contribution in [3.63, 3.8) is 0 Å². The van der Waals surface area contributed by atoms with Crippen LogP contribution in [0.1, 0.15) is 32.1 Å². The lowest BCUT2D eigenvalue weighted by Gasteiger charge is -2.53. The van der Waals surface area contributed by atoms with Crippen molar-refractivity contribution < 1.29 is 45.6 Å². The first-order valence-corrected chi connectivity index (χ1v) is 9.63. The molecular formula is C15H18F2O8S. The number of carbonyl (C=O) groups is 3. The maximum atomic E-state index is 13.0. The fourth-order valence-corrected chi connectivity index (χ4v) is 4.88. The molecule has 0 aliphatic heterocycles.